The molecule has 19 heavy (non-hydrogen) atoms. The second kappa shape index (κ2) is 6.52. The Morgan fingerprint density at radius 3 is 2.79 bits per heavy atom. The van der Waals surface area contributed by atoms with Crippen LogP contribution in [0.1, 0.15) is 36.1 Å². The minimum Gasteiger partial charge on any atom is -0.457 e. The van der Waals surface area contributed by atoms with E-state index in [0.717, 1.165) is 51.1 Å². The average molecular weight is 264 g/mol. The molecule has 1 amide bonds. The molecule has 5 heteroatoms. The van der Waals surface area contributed by atoms with E-state index in [1.54, 1.807) is 13.0 Å². The summed E-state index contributed by atoms with van der Waals surface area (Å²) in [6.07, 6.45) is 2.90. The fraction of sp³-hybridized carbons (Fsp3) is 0.571. The average Bonchev–Trinajstić information content (AvgIpc) is 2.85. The van der Waals surface area contributed by atoms with E-state index in [0.29, 0.717) is 11.7 Å². The molecule has 1 aliphatic rings. The first kappa shape index (κ1) is 13.8. The third kappa shape index (κ3) is 4.21. The zero-order chi connectivity index (χ0) is 13.7. The van der Waals surface area contributed by atoms with Crippen LogP contribution < -0.4 is 5.32 Å². The molecule has 0 bridgehead atoms. The number of carbonyl (C=O) groups is 2. The van der Waals surface area contributed by atoms with Crippen LogP contribution in [-0.2, 0) is 11.3 Å². The normalized spacial score (nSPS) is 17.3. The van der Waals surface area contributed by atoms with Gasteiger partial charge in [-0.2, -0.15) is 0 Å². The van der Waals surface area contributed by atoms with Crippen molar-refractivity contribution in [1.29, 1.82) is 0 Å². The van der Waals surface area contributed by atoms with Crippen molar-refractivity contribution < 1.29 is 14.0 Å². The van der Waals surface area contributed by atoms with Crippen molar-refractivity contribution in [3.05, 3.63) is 23.7 Å². The quantitative estimate of drug-likeness (QED) is 0.817. The number of amides is 1. The van der Waals surface area contributed by atoms with Crippen LogP contribution in [0.25, 0.3) is 0 Å². The Kier molecular flexibility index (Phi) is 4.74. The first-order chi connectivity index (χ1) is 9.17. The smallest absolute Gasteiger partial charge is 0.216 e. The van der Waals surface area contributed by atoms with Gasteiger partial charge in [0.1, 0.15) is 5.76 Å². The van der Waals surface area contributed by atoms with E-state index >= 15 is 0 Å². The molecular weight excluding hydrogens is 244 g/mol. The molecule has 1 saturated heterocycles. The van der Waals surface area contributed by atoms with Crippen LogP contribution in [0.15, 0.2) is 16.5 Å². The van der Waals surface area contributed by atoms with Crippen LogP contribution >= 0.6 is 0 Å². The first-order valence-corrected chi connectivity index (χ1v) is 6.68. The highest BCUT2D eigenvalue weighted by molar-refractivity contribution is 5.72. The van der Waals surface area contributed by atoms with Gasteiger partial charge in [-0.25, -0.2) is 0 Å². The van der Waals surface area contributed by atoms with E-state index in [1.165, 1.54) is 0 Å². The molecule has 5 nitrogen and oxygen atoms in total. The summed E-state index contributed by atoms with van der Waals surface area (Å²) in [6.45, 7) is 5.08. The highest BCUT2D eigenvalue weighted by Gasteiger charge is 2.20. The van der Waals surface area contributed by atoms with Crippen LogP contribution in [0, 0.1) is 5.92 Å². The molecule has 1 aliphatic heterocycles. The summed E-state index contributed by atoms with van der Waals surface area (Å²) in [5.74, 6) is 1.83. The summed E-state index contributed by atoms with van der Waals surface area (Å²) in [4.78, 5) is 23.7. The summed E-state index contributed by atoms with van der Waals surface area (Å²) in [5.41, 5.74) is 0. The second-order valence-corrected chi connectivity index (χ2v) is 5.08. The second-order valence-electron chi connectivity index (χ2n) is 5.08. The summed E-state index contributed by atoms with van der Waals surface area (Å²) < 4.78 is 5.37. The molecule has 2 heterocycles. The van der Waals surface area contributed by atoms with E-state index in [-0.39, 0.29) is 5.91 Å². The number of likely N-dealkylation sites (tertiary alicyclic amines) is 1. The standard InChI is InChI=1S/C14H20N2O3/c1-11(18)15-8-12-4-6-16(7-5-12)9-13-2-3-14(10-17)19-13/h2-3,10,12H,4-9H2,1H3,(H,15,18). The van der Waals surface area contributed by atoms with Crippen LogP contribution in [0.5, 0.6) is 0 Å². The maximum atomic E-state index is 10.9. The van der Waals surface area contributed by atoms with Gasteiger partial charge in [0.2, 0.25) is 5.91 Å². The van der Waals surface area contributed by atoms with Gasteiger partial charge >= 0.3 is 0 Å². The van der Waals surface area contributed by atoms with E-state index in [1.807, 2.05) is 6.07 Å². The summed E-state index contributed by atoms with van der Waals surface area (Å²) in [5, 5.41) is 2.88. The zero-order valence-corrected chi connectivity index (χ0v) is 11.2. The van der Waals surface area contributed by atoms with E-state index < -0.39 is 0 Å². The van der Waals surface area contributed by atoms with E-state index in [2.05, 4.69) is 10.2 Å². The number of hydrogen-bond acceptors (Lipinski definition) is 4. The van der Waals surface area contributed by atoms with Crippen molar-refractivity contribution in [2.45, 2.75) is 26.3 Å². The molecule has 0 atom stereocenters. The Morgan fingerprint density at radius 1 is 1.47 bits per heavy atom. The van der Waals surface area contributed by atoms with Crippen LogP contribution in [0.4, 0.5) is 0 Å². The van der Waals surface area contributed by atoms with Crippen molar-refractivity contribution in [2.75, 3.05) is 19.6 Å². The molecular formula is C14H20N2O3. The molecule has 1 aromatic rings. The minimum absolute atomic E-state index is 0.0411. The molecule has 104 valence electrons. The first-order valence-electron chi connectivity index (χ1n) is 6.68. The maximum Gasteiger partial charge on any atom is 0.216 e. The van der Waals surface area contributed by atoms with Crippen molar-refractivity contribution >= 4 is 12.2 Å². The van der Waals surface area contributed by atoms with Gasteiger partial charge in [-0.3, -0.25) is 14.5 Å². The predicted molar refractivity (Wildman–Crippen MR) is 70.8 cm³/mol. The number of hydrogen-bond donors (Lipinski definition) is 1. The van der Waals surface area contributed by atoms with Crippen LogP contribution in [0.3, 0.4) is 0 Å². The zero-order valence-electron chi connectivity index (χ0n) is 11.2. The van der Waals surface area contributed by atoms with Gasteiger partial charge in [0, 0.05) is 13.5 Å². The van der Waals surface area contributed by atoms with E-state index in [4.69, 9.17) is 4.42 Å². The number of nitrogens with one attached hydrogen (secondary N) is 1. The number of piperidine rings is 1. The predicted octanol–water partition coefficient (Wildman–Crippen LogP) is 1.44. The number of furan rings is 1. The van der Waals surface area contributed by atoms with Crippen LogP contribution in [0.2, 0.25) is 0 Å². The lowest BCUT2D eigenvalue weighted by atomic mass is 9.97. The van der Waals surface area contributed by atoms with E-state index in [9.17, 15) is 9.59 Å². The molecule has 1 aromatic heterocycles. The van der Waals surface area contributed by atoms with Gasteiger partial charge in [0.05, 0.1) is 6.54 Å². The molecule has 0 aliphatic carbocycles. The molecule has 1 N–H and O–H groups in total. The van der Waals surface area contributed by atoms with Gasteiger partial charge in [0.25, 0.3) is 0 Å². The number of carbonyl (C=O) groups excluding carboxylic acids is 2. The van der Waals surface area contributed by atoms with Crippen molar-refractivity contribution in [3.8, 4) is 0 Å². The summed E-state index contributed by atoms with van der Waals surface area (Å²) in [6, 6.07) is 3.55. The largest absolute Gasteiger partial charge is 0.457 e. The molecule has 2 rings (SSSR count). The lowest BCUT2D eigenvalue weighted by Gasteiger charge is -2.31. The fourth-order valence-corrected chi connectivity index (χ4v) is 2.40. The Labute approximate surface area is 113 Å². The lowest BCUT2D eigenvalue weighted by molar-refractivity contribution is -0.119. The maximum absolute atomic E-state index is 10.9. The Hall–Kier alpha value is -1.62. The SMILES string of the molecule is CC(=O)NCC1CCN(Cc2ccc(C=O)o2)CC1. The summed E-state index contributed by atoms with van der Waals surface area (Å²) >= 11 is 0. The monoisotopic (exact) mass is 264 g/mol. The Morgan fingerprint density at radius 2 is 2.21 bits per heavy atom. The van der Waals surface area contributed by atoms with Gasteiger partial charge in [-0.05, 0) is 44.0 Å². The third-order valence-corrected chi connectivity index (χ3v) is 3.52. The Bertz CT molecular complexity index is 434. The molecule has 0 saturated carbocycles. The van der Waals surface area contributed by atoms with Gasteiger partial charge in [0.15, 0.2) is 12.0 Å². The van der Waals surface area contributed by atoms with Gasteiger partial charge in [-0.15, -0.1) is 0 Å². The molecule has 0 radical (unpaired) electrons. The summed E-state index contributed by atoms with van der Waals surface area (Å²) in [7, 11) is 0. The van der Waals surface area contributed by atoms with Crippen molar-refractivity contribution in [1.82, 2.24) is 10.2 Å². The molecule has 0 aromatic carbocycles. The molecule has 1 fully saturated rings. The van der Waals surface area contributed by atoms with Gasteiger partial charge in [-0.1, -0.05) is 0 Å². The Balaban J connectivity index is 1.73. The van der Waals surface area contributed by atoms with Gasteiger partial charge < -0.3 is 9.73 Å². The third-order valence-electron chi connectivity index (χ3n) is 3.52. The fourth-order valence-electron chi connectivity index (χ4n) is 2.40. The molecule has 0 unspecified atom stereocenters. The topological polar surface area (TPSA) is 62.6 Å². The van der Waals surface area contributed by atoms with Crippen molar-refractivity contribution in [3.63, 3.8) is 0 Å². The molecule has 0 spiro atoms. The highest BCUT2D eigenvalue weighted by Crippen LogP contribution is 2.19. The number of aldehydes is 1. The van der Waals surface area contributed by atoms with Crippen molar-refractivity contribution in [2.24, 2.45) is 5.92 Å². The minimum atomic E-state index is 0.0411. The number of rotatable bonds is 5. The highest BCUT2D eigenvalue weighted by atomic mass is 16.3. The number of nitrogens with zero attached hydrogens (tertiary/aromatic N) is 1. The lowest BCUT2D eigenvalue weighted by Crippen LogP contribution is -2.37. The van der Waals surface area contributed by atoms with Crippen LogP contribution in [-0.4, -0.2) is 36.7 Å².